The van der Waals surface area contributed by atoms with E-state index >= 15 is 0 Å². The Bertz CT molecular complexity index is 1170. The number of nitrogens with one attached hydrogen (secondary N) is 1. The van der Waals surface area contributed by atoms with E-state index in [0.29, 0.717) is 22.1 Å². The van der Waals surface area contributed by atoms with Crippen LogP contribution in [0.25, 0.3) is 22.3 Å². The van der Waals surface area contributed by atoms with Crippen molar-refractivity contribution in [3.8, 4) is 11.3 Å². The minimum absolute atomic E-state index is 0.514. The summed E-state index contributed by atoms with van der Waals surface area (Å²) in [5, 5.41) is 4.11. The Balaban J connectivity index is 1.64. The number of benzene rings is 2. The van der Waals surface area contributed by atoms with Gasteiger partial charge in [-0.15, -0.1) is 0 Å². The molecule has 0 bridgehead atoms. The van der Waals surface area contributed by atoms with Gasteiger partial charge in [-0.3, -0.25) is 10.3 Å². The molecule has 0 aliphatic rings. The van der Waals surface area contributed by atoms with Gasteiger partial charge < -0.3 is 9.15 Å². The summed E-state index contributed by atoms with van der Waals surface area (Å²) in [6, 6.07) is 16.7. The predicted octanol–water partition coefficient (Wildman–Crippen LogP) is 7.22. The molecule has 0 radical (unpaired) electrons. The Morgan fingerprint density at radius 3 is 2.69 bits per heavy atom. The summed E-state index contributed by atoms with van der Waals surface area (Å²) >= 11 is 9.63. The first kappa shape index (κ1) is 19.5. The van der Waals surface area contributed by atoms with E-state index < -0.39 is 12.2 Å². The molecule has 2 heterocycles. The highest BCUT2D eigenvalue weighted by atomic mass is 79.9. The zero-order valence-corrected chi connectivity index (χ0v) is 17.7. The van der Waals surface area contributed by atoms with Gasteiger partial charge in [-0.05, 0) is 31.2 Å². The number of amides is 1. The number of ether oxygens (including phenoxy) is 1. The summed E-state index contributed by atoms with van der Waals surface area (Å²) in [4.78, 5) is 16.7. The van der Waals surface area contributed by atoms with Gasteiger partial charge in [0.25, 0.3) is 0 Å². The number of pyridine rings is 1. The van der Waals surface area contributed by atoms with Gasteiger partial charge in [0.1, 0.15) is 6.10 Å². The smallest absolute Gasteiger partial charge is 0.412 e. The standard InChI is InChI=1S/C22H16BrClN2O3/c1-13(16-4-2-3-5-18(16)24)28-22(27)26-20-17-10-11-25-12-19(17)29-21(20)14-6-8-15(23)9-7-14/h2-13H,1H3,(H,26,27). The number of anilines is 1. The molecule has 4 aromatic rings. The number of hydrogen-bond acceptors (Lipinski definition) is 4. The number of hydrogen-bond donors (Lipinski definition) is 1. The van der Waals surface area contributed by atoms with Crippen molar-refractivity contribution in [3.63, 3.8) is 0 Å². The lowest BCUT2D eigenvalue weighted by atomic mass is 10.1. The van der Waals surface area contributed by atoms with Crippen LogP contribution in [0.2, 0.25) is 5.02 Å². The van der Waals surface area contributed by atoms with Crippen molar-refractivity contribution in [1.29, 1.82) is 0 Å². The molecule has 5 nitrogen and oxygen atoms in total. The van der Waals surface area contributed by atoms with Crippen molar-refractivity contribution >= 4 is 50.3 Å². The number of furan rings is 1. The maximum Gasteiger partial charge on any atom is 0.412 e. The van der Waals surface area contributed by atoms with E-state index in [1.54, 1.807) is 31.5 Å². The lowest BCUT2D eigenvalue weighted by Crippen LogP contribution is -2.16. The Morgan fingerprint density at radius 1 is 1.17 bits per heavy atom. The molecule has 0 saturated carbocycles. The van der Waals surface area contributed by atoms with Gasteiger partial charge in [-0.2, -0.15) is 0 Å². The highest BCUT2D eigenvalue weighted by molar-refractivity contribution is 9.10. The Labute approximate surface area is 180 Å². The van der Waals surface area contributed by atoms with Gasteiger partial charge in [0.15, 0.2) is 11.3 Å². The molecule has 7 heteroatoms. The van der Waals surface area contributed by atoms with Crippen molar-refractivity contribution in [3.05, 3.63) is 82.0 Å². The molecule has 0 spiro atoms. The highest BCUT2D eigenvalue weighted by Gasteiger charge is 2.21. The molecule has 2 aromatic heterocycles. The fourth-order valence-electron chi connectivity index (χ4n) is 3.04. The van der Waals surface area contributed by atoms with Crippen LogP contribution in [-0.2, 0) is 4.74 Å². The number of halogens is 2. The average molecular weight is 472 g/mol. The number of rotatable bonds is 4. The van der Waals surface area contributed by atoms with Crippen LogP contribution in [0, 0.1) is 0 Å². The monoisotopic (exact) mass is 470 g/mol. The fraction of sp³-hybridized carbons (Fsp3) is 0.0909. The van der Waals surface area contributed by atoms with Crippen molar-refractivity contribution in [2.45, 2.75) is 13.0 Å². The third-order valence-electron chi connectivity index (χ3n) is 4.45. The second kappa shape index (κ2) is 8.27. The van der Waals surface area contributed by atoms with E-state index in [-0.39, 0.29) is 0 Å². The van der Waals surface area contributed by atoms with Crippen LogP contribution in [0.4, 0.5) is 10.5 Å². The Hall–Kier alpha value is -2.83. The SMILES string of the molecule is CC(OC(=O)Nc1c(-c2ccc(Br)cc2)oc2cnccc12)c1ccccc1Cl. The van der Waals surface area contributed by atoms with Crippen molar-refractivity contribution < 1.29 is 13.9 Å². The first-order valence-corrected chi connectivity index (χ1v) is 10.0. The average Bonchev–Trinajstić information content (AvgIpc) is 3.07. The molecule has 29 heavy (non-hydrogen) atoms. The summed E-state index contributed by atoms with van der Waals surface area (Å²) in [5.74, 6) is 0.530. The third-order valence-corrected chi connectivity index (χ3v) is 5.33. The van der Waals surface area contributed by atoms with Gasteiger partial charge in [-0.1, -0.05) is 57.9 Å². The van der Waals surface area contributed by atoms with Crippen LogP contribution in [0.15, 0.2) is 75.9 Å². The van der Waals surface area contributed by atoms with Gasteiger partial charge in [0.2, 0.25) is 0 Å². The molecule has 146 valence electrons. The zero-order chi connectivity index (χ0) is 20.4. The summed E-state index contributed by atoms with van der Waals surface area (Å²) in [6.07, 6.45) is 2.14. The maximum atomic E-state index is 12.6. The number of carbonyl (C=O) groups excluding carboxylic acids is 1. The molecular weight excluding hydrogens is 456 g/mol. The van der Waals surface area contributed by atoms with E-state index in [9.17, 15) is 4.79 Å². The van der Waals surface area contributed by atoms with Crippen LogP contribution in [-0.4, -0.2) is 11.1 Å². The molecule has 1 unspecified atom stereocenters. The maximum absolute atomic E-state index is 12.6. The Morgan fingerprint density at radius 2 is 1.93 bits per heavy atom. The molecule has 1 amide bonds. The largest absolute Gasteiger partial charge is 0.452 e. The molecule has 0 aliphatic heterocycles. The molecule has 1 N–H and O–H groups in total. The second-order valence-electron chi connectivity index (χ2n) is 6.38. The summed E-state index contributed by atoms with van der Waals surface area (Å²) in [5.41, 5.74) is 2.65. The van der Waals surface area contributed by atoms with Crippen LogP contribution in [0.3, 0.4) is 0 Å². The van der Waals surface area contributed by atoms with Gasteiger partial charge in [-0.25, -0.2) is 4.79 Å². The molecule has 0 fully saturated rings. The van der Waals surface area contributed by atoms with E-state index in [2.05, 4.69) is 26.2 Å². The van der Waals surface area contributed by atoms with Crippen molar-refractivity contribution in [2.24, 2.45) is 0 Å². The molecule has 4 rings (SSSR count). The quantitative estimate of drug-likeness (QED) is 0.341. The number of carbonyl (C=O) groups is 1. The predicted molar refractivity (Wildman–Crippen MR) is 117 cm³/mol. The van der Waals surface area contributed by atoms with Gasteiger partial charge >= 0.3 is 6.09 Å². The first-order chi connectivity index (χ1) is 14.0. The van der Waals surface area contributed by atoms with Crippen LogP contribution in [0.5, 0.6) is 0 Å². The van der Waals surface area contributed by atoms with E-state index in [1.165, 1.54) is 0 Å². The van der Waals surface area contributed by atoms with E-state index in [4.69, 9.17) is 20.8 Å². The summed E-state index contributed by atoms with van der Waals surface area (Å²) in [7, 11) is 0. The number of fused-ring (bicyclic) bond motifs is 1. The second-order valence-corrected chi connectivity index (χ2v) is 7.70. The molecule has 2 aromatic carbocycles. The first-order valence-electron chi connectivity index (χ1n) is 8.87. The highest BCUT2D eigenvalue weighted by Crippen LogP contribution is 2.38. The minimum atomic E-state index is -0.602. The molecule has 0 aliphatic carbocycles. The van der Waals surface area contributed by atoms with Crippen molar-refractivity contribution in [1.82, 2.24) is 4.98 Å². The van der Waals surface area contributed by atoms with E-state index in [1.807, 2.05) is 42.5 Å². The van der Waals surface area contributed by atoms with Crippen molar-refractivity contribution in [2.75, 3.05) is 5.32 Å². The number of nitrogens with zero attached hydrogens (tertiary/aromatic N) is 1. The number of aromatic nitrogens is 1. The fourth-order valence-corrected chi connectivity index (χ4v) is 3.59. The van der Waals surface area contributed by atoms with Gasteiger partial charge in [0.05, 0.1) is 11.9 Å². The summed E-state index contributed by atoms with van der Waals surface area (Å²) in [6.45, 7) is 1.77. The minimum Gasteiger partial charge on any atom is -0.452 e. The zero-order valence-electron chi connectivity index (χ0n) is 15.4. The lowest BCUT2D eigenvalue weighted by Gasteiger charge is -2.15. The Kier molecular flexibility index (Phi) is 5.56. The molecule has 1 atom stereocenters. The van der Waals surface area contributed by atoms with Crippen LogP contribution < -0.4 is 5.32 Å². The van der Waals surface area contributed by atoms with Gasteiger partial charge in [0, 0.05) is 32.2 Å². The molecule has 0 saturated heterocycles. The topological polar surface area (TPSA) is 64.4 Å². The molecular formula is C22H16BrClN2O3. The van der Waals surface area contributed by atoms with E-state index in [0.717, 1.165) is 21.0 Å². The lowest BCUT2D eigenvalue weighted by molar-refractivity contribution is 0.121. The summed E-state index contributed by atoms with van der Waals surface area (Å²) < 4.78 is 12.5. The normalized spacial score (nSPS) is 12.0. The van der Waals surface area contributed by atoms with Crippen LogP contribution in [0.1, 0.15) is 18.6 Å². The third kappa shape index (κ3) is 4.13. The van der Waals surface area contributed by atoms with Crippen LogP contribution >= 0.6 is 27.5 Å².